The number of piperidine rings is 1. The van der Waals surface area contributed by atoms with Gasteiger partial charge in [0.15, 0.2) is 0 Å². The lowest BCUT2D eigenvalue weighted by atomic mass is 10.0. The van der Waals surface area contributed by atoms with E-state index >= 15 is 0 Å². The normalized spacial score (nSPS) is 19.5. The molecule has 1 unspecified atom stereocenters. The highest BCUT2D eigenvalue weighted by Crippen LogP contribution is 2.27. The first-order chi connectivity index (χ1) is 9.04. The van der Waals surface area contributed by atoms with Crippen LogP contribution in [0.3, 0.4) is 0 Å². The summed E-state index contributed by atoms with van der Waals surface area (Å²) in [4.78, 5) is 22.3. The lowest BCUT2D eigenvalue weighted by Gasteiger charge is -2.35. The Bertz CT molecular complexity index is 488. The van der Waals surface area contributed by atoms with Gasteiger partial charge in [0.2, 0.25) is 0 Å². The van der Waals surface area contributed by atoms with Gasteiger partial charge in [-0.25, -0.2) is 14.8 Å². The van der Waals surface area contributed by atoms with E-state index in [1.807, 2.05) is 25.7 Å². The number of carbonyl (C=O) groups is 1. The third-order valence-electron chi connectivity index (χ3n) is 3.79. The molecule has 0 spiro atoms. The summed E-state index contributed by atoms with van der Waals surface area (Å²) >= 11 is 0. The minimum Gasteiger partial charge on any atom is -0.480 e. The van der Waals surface area contributed by atoms with Crippen molar-refractivity contribution in [2.45, 2.75) is 52.5 Å². The van der Waals surface area contributed by atoms with E-state index in [1.54, 1.807) is 0 Å². The molecule has 0 aliphatic carbocycles. The summed E-state index contributed by atoms with van der Waals surface area (Å²) in [5.41, 5.74) is 1.93. The molecule has 1 atom stereocenters. The topological polar surface area (TPSA) is 66.3 Å². The molecule has 0 bridgehead atoms. The molecule has 0 amide bonds. The Morgan fingerprint density at radius 2 is 2.11 bits per heavy atom. The number of hydrogen-bond acceptors (Lipinski definition) is 4. The summed E-state index contributed by atoms with van der Waals surface area (Å²) in [6, 6.07) is -0.452. The Morgan fingerprint density at radius 3 is 2.74 bits per heavy atom. The number of hydrogen-bond donors (Lipinski definition) is 1. The monoisotopic (exact) mass is 263 g/mol. The summed E-state index contributed by atoms with van der Waals surface area (Å²) in [5.74, 6) is 0.831. The van der Waals surface area contributed by atoms with Gasteiger partial charge >= 0.3 is 5.97 Å². The second-order valence-electron chi connectivity index (χ2n) is 5.07. The van der Waals surface area contributed by atoms with Gasteiger partial charge in [-0.05, 0) is 33.1 Å². The Morgan fingerprint density at radius 1 is 1.37 bits per heavy atom. The molecule has 1 aromatic heterocycles. The molecule has 0 saturated carbocycles. The Hall–Kier alpha value is -1.65. The maximum absolute atomic E-state index is 11.4. The molecular formula is C14H21N3O2. The van der Waals surface area contributed by atoms with Crippen molar-refractivity contribution >= 4 is 11.8 Å². The molecule has 1 N–H and O–H groups in total. The predicted molar refractivity (Wildman–Crippen MR) is 73.5 cm³/mol. The van der Waals surface area contributed by atoms with Crippen molar-refractivity contribution in [2.75, 3.05) is 11.4 Å². The van der Waals surface area contributed by atoms with Gasteiger partial charge in [-0.3, -0.25) is 0 Å². The zero-order chi connectivity index (χ0) is 14.0. The summed E-state index contributed by atoms with van der Waals surface area (Å²) in [5, 5.41) is 9.37. The molecule has 0 radical (unpaired) electrons. The van der Waals surface area contributed by atoms with Crippen LogP contribution < -0.4 is 4.90 Å². The molecule has 0 aromatic carbocycles. The van der Waals surface area contributed by atoms with Crippen LogP contribution in [0.1, 0.15) is 43.3 Å². The van der Waals surface area contributed by atoms with E-state index in [1.165, 1.54) is 0 Å². The Labute approximate surface area is 113 Å². The van der Waals surface area contributed by atoms with E-state index in [9.17, 15) is 9.90 Å². The Kier molecular flexibility index (Phi) is 4.02. The number of carboxylic acid groups (broad SMARTS) is 1. The molecule has 1 aliphatic heterocycles. The molecule has 1 aliphatic rings. The second kappa shape index (κ2) is 5.55. The molecule has 1 saturated heterocycles. The van der Waals surface area contributed by atoms with Crippen molar-refractivity contribution < 1.29 is 9.90 Å². The Balaban J connectivity index is 2.43. The molecule has 5 heteroatoms. The zero-order valence-electron chi connectivity index (χ0n) is 11.8. The first-order valence-corrected chi connectivity index (χ1v) is 6.88. The molecule has 104 valence electrons. The van der Waals surface area contributed by atoms with Crippen molar-refractivity contribution in [1.82, 2.24) is 9.97 Å². The van der Waals surface area contributed by atoms with Crippen LogP contribution in [0.2, 0.25) is 0 Å². The maximum atomic E-state index is 11.4. The average Bonchev–Trinajstić information content (AvgIpc) is 2.41. The van der Waals surface area contributed by atoms with E-state index in [0.717, 1.165) is 48.7 Å². The van der Waals surface area contributed by atoms with Crippen molar-refractivity contribution in [3.05, 3.63) is 17.1 Å². The third kappa shape index (κ3) is 2.69. The van der Waals surface area contributed by atoms with Crippen molar-refractivity contribution in [2.24, 2.45) is 0 Å². The fraction of sp³-hybridized carbons (Fsp3) is 0.643. The highest BCUT2D eigenvalue weighted by molar-refractivity contribution is 5.78. The molecule has 1 aromatic rings. The summed E-state index contributed by atoms with van der Waals surface area (Å²) in [7, 11) is 0. The van der Waals surface area contributed by atoms with Gasteiger partial charge in [-0.2, -0.15) is 0 Å². The first-order valence-electron chi connectivity index (χ1n) is 6.88. The quantitative estimate of drug-likeness (QED) is 0.904. The van der Waals surface area contributed by atoms with Crippen LogP contribution in [0, 0.1) is 13.8 Å². The highest BCUT2D eigenvalue weighted by Gasteiger charge is 2.30. The van der Waals surface area contributed by atoms with E-state index in [-0.39, 0.29) is 0 Å². The van der Waals surface area contributed by atoms with Gasteiger partial charge in [0.25, 0.3) is 0 Å². The molecule has 2 heterocycles. The molecule has 19 heavy (non-hydrogen) atoms. The maximum Gasteiger partial charge on any atom is 0.326 e. The minimum atomic E-state index is -0.756. The minimum absolute atomic E-state index is 0.452. The third-order valence-corrected chi connectivity index (χ3v) is 3.79. The van der Waals surface area contributed by atoms with Gasteiger partial charge in [0, 0.05) is 24.2 Å². The van der Waals surface area contributed by atoms with Crippen LogP contribution in [0.5, 0.6) is 0 Å². The first kappa shape index (κ1) is 13.8. The van der Waals surface area contributed by atoms with Crippen molar-refractivity contribution in [3.8, 4) is 0 Å². The lowest BCUT2D eigenvalue weighted by Crippen LogP contribution is -2.45. The van der Waals surface area contributed by atoms with Crippen LogP contribution in [0.4, 0.5) is 5.82 Å². The van der Waals surface area contributed by atoms with Gasteiger partial charge in [-0.15, -0.1) is 0 Å². The number of rotatable bonds is 3. The molecule has 2 rings (SSSR count). The van der Waals surface area contributed by atoms with Gasteiger partial charge in [-0.1, -0.05) is 6.92 Å². The van der Waals surface area contributed by atoms with Crippen LogP contribution >= 0.6 is 0 Å². The molecular weight excluding hydrogens is 242 g/mol. The second-order valence-corrected chi connectivity index (χ2v) is 5.07. The van der Waals surface area contributed by atoms with Gasteiger partial charge < -0.3 is 10.0 Å². The SMILES string of the molecule is CCc1nc(C)c(C)c(N2CCCCC2C(=O)O)n1. The number of aryl methyl sites for hydroxylation is 2. The number of aliphatic carboxylic acids is 1. The van der Waals surface area contributed by atoms with Crippen molar-refractivity contribution in [1.29, 1.82) is 0 Å². The summed E-state index contributed by atoms with van der Waals surface area (Å²) < 4.78 is 0. The largest absolute Gasteiger partial charge is 0.480 e. The predicted octanol–water partition coefficient (Wildman–Crippen LogP) is 2.10. The van der Waals surface area contributed by atoms with Crippen LogP contribution in [-0.2, 0) is 11.2 Å². The number of anilines is 1. The highest BCUT2D eigenvalue weighted by atomic mass is 16.4. The average molecular weight is 263 g/mol. The van der Waals surface area contributed by atoms with Crippen LogP contribution in [0.25, 0.3) is 0 Å². The number of nitrogens with zero attached hydrogens (tertiary/aromatic N) is 3. The van der Waals surface area contributed by atoms with Gasteiger partial charge in [0.1, 0.15) is 17.7 Å². The van der Waals surface area contributed by atoms with Gasteiger partial charge in [0.05, 0.1) is 0 Å². The summed E-state index contributed by atoms with van der Waals surface area (Å²) in [6.45, 7) is 6.70. The zero-order valence-corrected chi connectivity index (χ0v) is 11.8. The number of carboxylic acids is 1. The number of aromatic nitrogens is 2. The van der Waals surface area contributed by atoms with Crippen LogP contribution in [-0.4, -0.2) is 33.6 Å². The van der Waals surface area contributed by atoms with E-state index in [2.05, 4.69) is 9.97 Å². The fourth-order valence-electron chi connectivity index (χ4n) is 2.55. The molecule has 1 fully saturated rings. The smallest absolute Gasteiger partial charge is 0.326 e. The van der Waals surface area contributed by atoms with Crippen LogP contribution in [0.15, 0.2) is 0 Å². The lowest BCUT2D eigenvalue weighted by molar-refractivity contribution is -0.139. The van der Waals surface area contributed by atoms with E-state index in [4.69, 9.17) is 0 Å². The molecule has 5 nitrogen and oxygen atoms in total. The van der Waals surface area contributed by atoms with E-state index < -0.39 is 12.0 Å². The summed E-state index contributed by atoms with van der Waals surface area (Å²) in [6.07, 6.45) is 3.45. The van der Waals surface area contributed by atoms with E-state index in [0.29, 0.717) is 6.42 Å². The van der Waals surface area contributed by atoms with Crippen molar-refractivity contribution in [3.63, 3.8) is 0 Å². The standard InChI is InChI=1S/C14H21N3O2/c1-4-12-15-10(3)9(2)13(16-12)17-8-6-5-7-11(17)14(18)19/h11H,4-8H2,1-3H3,(H,18,19). The fourth-order valence-corrected chi connectivity index (χ4v) is 2.55.